The van der Waals surface area contributed by atoms with E-state index in [0.717, 1.165) is 5.56 Å². The Morgan fingerprint density at radius 1 is 1.00 bits per heavy atom. The standard InChI is InChI=1S/C21H25NO7S2/c1-3-28-17-6-10-19(11-7-17)30(23,24)22-13-18(12-21(22)14-27-15-21)29-31(25,26)20-8-4-16(2)5-9-20/h4-11,18H,3,12-15H2,1-2H3/t18-/m0/s1. The predicted octanol–water partition coefficient (Wildman–Crippen LogP) is 2.33. The van der Waals surface area contributed by atoms with Gasteiger partial charge < -0.3 is 9.47 Å². The molecule has 0 N–H and O–H groups in total. The molecule has 2 aromatic carbocycles. The molecule has 4 rings (SSSR count). The first-order chi connectivity index (χ1) is 14.7. The van der Waals surface area contributed by atoms with Gasteiger partial charge in [-0.05, 0) is 50.2 Å². The summed E-state index contributed by atoms with van der Waals surface area (Å²) < 4.78 is 69.6. The number of benzene rings is 2. The Kier molecular flexibility index (Phi) is 5.86. The smallest absolute Gasteiger partial charge is 0.297 e. The second kappa shape index (κ2) is 8.18. The van der Waals surface area contributed by atoms with E-state index in [-0.39, 0.29) is 36.0 Å². The van der Waals surface area contributed by atoms with Crippen molar-refractivity contribution < 1.29 is 30.5 Å². The van der Waals surface area contributed by atoms with Gasteiger partial charge in [0.25, 0.3) is 10.1 Å². The molecule has 0 bridgehead atoms. The molecule has 2 fully saturated rings. The van der Waals surface area contributed by atoms with E-state index in [1.54, 1.807) is 24.3 Å². The third-order valence-corrected chi connectivity index (χ3v) is 8.90. The Balaban J connectivity index is 1.57. The van der Waals surface area contributed by atoms with Crippen LogP contribution < -0.4 is 4.74 Å². The zero-order valence-electron chi connectivity index (χ0n) is 17.4. The molecule has 0 aliphatic carbocycles. The largest absolute Gasteiger partial charge is 0.494 e. The Morgan fingerprint density at radius 2 is 1.61 bits per heavy atom. The van der Waals surface area contributed by atoms with Gasteiger partial charge in [-0.25, -0.2) is 8.42 Å². The van der Waals surface area contributed by atoms with Crippen LogP contribution in [-0.2, 0) is 29.1 Å². The lowest BCUT2D eigenvalue weighted by Gasteiger charge is -2.43. The number of aryl methyl sites for hydroxylation is 1. The van der Waals surface area contributed by atoms with Crippen molar-refractivity contribution in [2.45, 2.75) is 41.7 Å². The van der Waals surface area contributed by atoms with E-state index in [2.05, 4.69) is 0 Å². The van der Waals surface area contributed by atoms with Gasteiger partial charge in [-0.15, -0.1) is 0 Å². The van der Waals surface area contributed by atoms with Crippen LogP contribution in [0.3, 0.4) is 0 Å². The predicted molar refractivity (Wildman–Crippen MR) is 113 cm³/mol. The molecular weight excluding hydrogens is 442 g/mol. The van der Waals surface area contributed by atoms with E-state index in [9.17, 15) is 16.8 Å². The van der Waals surface area contributed by atoms with Gasteiger partial charge in [-0.2, -0.15) is 12.7 Å². The molecule has 168 valence electrons. The second-order valence-electron chi connectivity index (χ2n) is 7.85. The van der Waals surface area contributed by atoms with Crippen molar-refractivity contribution in [1.82, 2.24) is 4.31 Å². The molecule has 2 aliphatic heterocycles. The maximum absolute atomic E-state index is 13.4. The average Bonchev–Trinajstić information content (AvgIpc) is 3.09. The molecule has 0 saturated carbocycles. The van der Waals surface area contributed by atoms with Crippen molar-refractivity contribution in [1.29, 1.82) is 0 Å². The summed E-state index contributed by atoms with van der Waals surface area (Å²) in [4.78, 5) is 0.161. The van der Waals surface area contributed by atoms with Crippen LogP contribution >= 0.6 is 0 Å². The molecule has 2 aromatic rings. The molecule has 10 heteroatoms. The van der Waals surface area contributed by atoms with Crippen molar-refractivity contribution in [3.8, 4) is 5.75 Å². The van der Waals surface area contributed by atoms with Gasteiger partial charge in [0.05, 0.1) is 41.3 Å². The van der Waals surface area contributed by atoms with Crippen LogP contribution in [0.2, 0.25) is 0 Å². The first kappa shape index (κ1) is 22.2. The second-order valence-corrected chi connectivity index (χ2v) is 11.3. The SMILES string of the molecule is CCOc1ccc(S(=O)(=O)N2C[C@@H](OS(=O)(=O)c3ccc(C)cc3)CC23COC3)cc1. The highest BCUT2D eigenvalue weighted by Gasteiger charge is 2.57. The van der Waals surface area contributed by atoms with Crippen molar-refractivity contribution in [2.24, 2.45) is 0 Å². The first-order valence-corrected chi connectivity index (χ1v) is 12.8. The highest BCUT2D eigenvalue weighted by molar-refractivity contribution is 7.89. The number of hydrogen-bond acceptors (Lipinski definition) is 7. The van der Waals surface area contributed by atoms with E-state index in [1.807, 2.05) is 13.8 Å². The monoisotopic (exact) mass is 467 g/mol. The molecule has 2 heterocycles. The van der Waals surface area contributed by atoms with Crippen molar-refractivity contribution >= 4 is 20.1 Å². The molecule has 2 aliphatic rings. The van der Waals surface area contributed by atoms with Gasteiger partial charge >= 0.3 is 0 Å². The lowest BCUT2D eigenvalue weighted by Crippen LogP contribution is -2.60. The summed E-state index contributed by atoms with van der Waals surface area (Å²) in [7, 11) is -7.89. The minimum atomic E-state index is -4.02. The molecule has 1 atom stereocenters. The van der Waals surface area contributed by atoms with Crippen LogP contribution in [0, 0.1) is 6.92 Å². The first-order valence-electron chi connectivity index (χ1n) is 10.00. The third kappa shape index (κ3) is 4.22. The van der Waals surface area contributed by atoms with Crippen molar-refractivity contribution in [3.05, 3.63) is 54.1 Å². The molecule has 2 saturated heterocycles. The normalized spacial score (nSPS) is 21.2. The van der Waals surface area contributed by atoms with Crippen LogP contribution in [0.15, 0.2) is 58.3 Å². The van der Waals surface area contributed by atoms with Crippen LogP contribution in [0.5, 0.6) is 5.75 Å². The summed E-state index contributed by atoms with van der Waals surface area (Å²) in [5, 5.41) is 0. The van der Waals surface area contributed by atoms with E-state index < -0.39 is 31.8 Å². The molecule has 0 aromatic heterocycles. The summed E-state index contributed by atoms with van der Waals surface area (Å²) in [6.45, 7) is 4.52. The summed E-state index contributed by atoms with van der Waals surface area (Å²) in [6.07, 6.45) is -0.554. The summed E-state index contributed by atoms with van der Waals surface area (Å²) in [5.41, 5.74) is 0.128. The quantitative estimate of drug-likeness (QED) is 0.576. The molecule has 8 nitrogen and oxygen atoms in total. The summed E-state index contributed by atoms with van der Waals surface area (Å²) in [5.74, 6) is 0.579. The highest BCUT2D eigenvalue weighted by Crippen LogP contribution is 2.41. The third-order valence-electron chi connectivity index (χ3n) is 5.54. The molecule has 0 radical (unpaired) electrons. The molecule has 31 heavy (non-hydrogen) atoms. The number of rotatable bonds is 7. The number of sulfonamides is 1. The fraction of sp³-hybridized carbons (Fsp3) is 0.429. The van der Waals surface area contributed by atoms with Gasteiger partial charge in [0.1, 0.15) is 5.75 Å². The highest BCUT2D eigenvalue weighted by atomic mass is 32.2. The molecule has 1 spiro atoms. The van der Waals surface area contributed by atoms with E-state index in [0.29, 0.717) is 12.4 Å². The minimum Gasteiger partial charge on any atom is -0.494 e. The zero-order chi connectivity index (χ0) is 22.3. The Bertz CT molecular complexity index is 1140. The van der Waals surface area contributed by atoms with Crippen molar-refractivity contribution in [2.75, 3.05) is 26.4 Å². The van der Waals surface area contributed by atoms with Gasteiger partial charge in [0, 0.05) is 13.0 Å². The summed E-state index contributed by atoms with van der Waals surface area (Å²) in [6, 6.07) is 12.5. The van der Waals surface area contributed by atoms with Crippen LogP contribution in [0.1, 0.15) is 18.9 Å². The average molecular weight is 468 g/mol. The van der Waals surface area contributed by atoms with E-state index >= 15 is 0 Å². The van der Waals surface area contributed by atoms with Crippen LogP contribution in [0.4, 0.5) is 0 Å². The van der Waals surface area contributed by atoms with E-state index in [4.69, 9.17) is 13.7 Å². The van der Waals surface area contributed by atoms with Crippen LogP contribution in [-0.4, -0.2) is 59.1 Å². The Hall–Kier alpha value is -1.98. The van der Waals surface area contributed by atoms with Gasteiger partial charge in [0.15, 0.2) is 0 Å². The van der Waals surface area contributed by atoms with Crippen LogP contribution in [0.25, 0.3) is 0 Å². The maximum Gasteiger partial charge on any atom is 0.297 e. The number of nitrogens with zero attached hydrogens (tertiary/aromatic N) is 1. The Labute approximate surface area is 182 Å². The van der Waals surface area contributed by atoms with Gasteiger partial charge in [0.2, 0.25) is 10.0 Å². The summed E-state index contributed by atoms with van der Waals surface area (Å²) >= 11 is 0. The lowest BCUT2D eigenvalue weighted by molar-refractivity contribution is -0.0975. The maximum atomic E-state index is 13.4. The fourth-order valence-electron chi connectivity index (χ4n) is 3.93. The lowest BCUT2D eigenvalue weighted by atomic mass is 9.95. The molecular formula is C21H25NO7S2. The fourth-order valence-corrected chi connectivity index (χ4v) is 6.78. The topological polar surface area (TPSA) is 99.2 Å². The minimum absolute atomic E-state index is 0.0461. The Morgan fingerprint density at radius 3 is 2.16 bits per heavy atom. The molecule has 0 unspecified atom stereocenters. The zero-order valence-corrected chi connectivity index (χ0v) is 19.0. The van der Waals surface area contributed by atoms with Gasteiger partial charge in [-0.1, -0.05) is 17.7 Å². The number of hydrogen-bond donors (Lipinski definition) is 0. The van der Waals surface area contributed by atoms with Crippen molar-refractivity contribution in [3.63, 3.8) is 0 Å². The van der Waals surface area contributed by atoms with Gasteiger partial charge in [-0.3, -0.25) is 4.18 Å². The van der Waals surface area contributed by atoms with E-state index in [1.165, 1.54) is 28.6 Å². The molecule has 0 amide bonds. The number of ether oxygens (including phenoxy) is 2.